The third-order valence-electron chi connectivity index (χ3n) is 4.01. The lowest BCUT2D eigenvalue weighted by molar-refractivity contribution is 0.0829. The van der Waals surface area contributed by atoms with Gasteiger partial charge in [-0.05, 0) is 31.2 Å². The van der Waals surface area contributed by atoms with Crippen LogP contribution in [0.4, 0.5) is 4.39 Å². The first-order valence-corrected chi connectivity index (χ1v) is 7.23. The normalized spacial score (nSPS) is 28.1. The van der Waals surface area contributed by atoms with Gasteiger partial charge >= 0.3 is 0 Å². The molecule has 0 radical (unpaired) electrons. The molecule has 1 aromatic carbocycles. The minimum Gasteiger partial charge on any atom is -0.326 e. The Morgan fingerprint density at radius 3 is 2.32 bits per heavy atom. The minimum atomic E-state index is -0.143. The van der Waals surface area contributed by atoms with Crippen molar-refractivity contribution in [2.24, 2.45) is 17.6 Å². The Bertz CT molecular complexity index is 409. The number of hydrogen-bond acceptors (Lipinski definition) is 2. The van der Waals surface area contributed by atoms with Crippen molar-refractivity contribution in [3.8, 4) is 0 Å². The monoisotopic (exact) mass is 264 g/mol. The van der Waals surface area contributed by atoms with E-state index in [1.54, 1.807) is 6.07 Å². The predicted octanol–water partition coefficient (Wildman–Crippen LogP) is 3.19. The molecule has 0 saturated carbocycles. The van der Waals surface area contributed by atoms with Crippen molar-refractivity contribution < 1.29 is 4.39 Å². The van der Waals surface area contributed by atoms with Crippen LogP contribution >= 0.6 is 0 Å². The zero-order valence-corrected chi connectivity index (χ0v) is 12.1. The van der Waals surface area contributed by atoms with Gasteiger partial charge < -0.3 is 5.73 Å². The van der Waals surface area contributed by atoms with E-state index >= 15 is 0 Å². The third kappa shape index (κ3) is 3.34. The topological polar surface area (TPSA) is 29.3 Å². The number of benzene rings is 1. The van der Waals surface area contributed by atoms with Crippen molar-refractivity contribution in [2.75, 3.05) is 13.1 Å². The van der Waals surface area contributed by atoms with Crippen molar-refractivity contribution >= 4 is 0 Å². The first-order chi connectivity index (χ1) is 8.99. The van der Waals surface area contributed by atoms with E-state index in [-0.39, 0.29) is 17.9 Å². The zero-order valence-electron chi connectivity index (χ0n) is 12.1. The Morgan fingerprint density at radius 1 is 1.21 bits per heavy atom. The van der Waals surface area contributed by atoms with Gasteiger partial charge in [0.2, 0.25) is 0 Å². The molecule has 0 bridgehead atoms. The van der Waals surface area contributed by atoms with Gasteiger partial charge in [0.05, 0.1) is 6.04 Å². The van der Waals surface area contributed by atoms with Crippen molar-refractivity contribution in [2.45, 2.75) is 39.3 Å². The van der Waals surface area contributed by atoms with Gasteiger partial charge in [-0.2, -0.15) is 0 Å². The van der Waals surface area contributed by atoms with Gasteiger partial charge in [0.15, 0.2) is 0 Å². The Balaban J connectivity index is 2.28. The molecule has 2 nitrogen and oxygen atoms in total. The van der Waals surface area contributed by atoms with Crippen molar-refractivity contribution in [1.82, 2.24) is 4.90 Å². The maximum Gasteiger partial charge on any atom is 0.128 e. The van der Waals surface area contributed by atoms with Crippen LogP contribution < -0.4 is 5.73 Å². The second kappa shape index (κ2) is 6.02. The Labute approximate surface area is 115 Å². The van der Waals surface area contributed by atoms with Crippen LogP contribution in [0.3, 0.4) is 0 Å². The molecule has 4 unspecified atom stereocenters. The predicted molar refractivity (Wildman–Crippen MR) is 77.3 cm³/mol. The van der Waals surface area contributed by atoms with Crippen molar-refractivity contribution in [1.29, 1.82) is 0 Å². The lowest BCUT2D eigenvalue weighted by atomic mass is 9.88. The highest BCUT2D eigenvalue weighted by atomic mass is 19.1. The van der Waals surface area contributed by atoms with Crippen LogP contribution in [0.1, 0.15) is 38.8 Å². The highest BCUT2D eigenvalue weighted by Gasteiger charge is 2.31. The molecule has 3 heteroatoms. The standard InChI is InChI=1S/C16H25FN2/c1-11-8-12(2)10-19(9-11)16(13(3)18)14-6-4-5-7-15(14)17/h4-7,11-13,16H,8-10,18H2,1-3H3. The molecule has 0 amide bonds. The van der Waals surface area contributed by atoms with Crippen LogP contribution in [0.5, 0.6) is 0 Å². The summed E-state index contributed by atoms with van der Waals surface area (Å²) < 4.78 is 14.1. The van der Waals surface area contributed by atoms with Crippen molar-refractivity contribution in [3.05, 3.63) is 35.6 Å². The van der Waals surface area contributed by atoms with E-state index in [0.29, 0.717) is 11.8 Å². The molecular formula is C16H25FN2. The number of nitrogens with two attached hydrogens (primary N) is 1. The maximum absolute atomic E-state index is 14.1. The van der Waals surface area contributed by atoms with E-state index in [2.05, 4.69) is 18.7 Å². The Kier molecular flexibility index (Phi) is 4.58. The van der Waals surface area contributed by atoms with E-state index in [9.17, 15) is 4.39 Å². The maximum atomic E-state index is 14.1. The third-order valence-corrected chi connectivity index (χ3v) is 4.01. The van der Waals surface area contributed by atoms with Crippen LogP contribution in [-0.2, 0) is 0 Å². The number of likely N-dealkylation sites (tertiary alicyclic amines) is 1. The summed E-state index contributed by atoms with van der Waals surface area (Å²) in [5, 5.41) is 0. The van der Waals surface area contributed by atoms with Gasteiger partial charge in [0.25, 0.3) is 0 Å². The Hall–Kier alpha value is -0.930. The molecule has 1 heterocycles. The Morgan fingerprint density at radius 2 is 1.79 bits per heavy atom. The van der Waals surface area contributed by atoms with Crippen LogP contribution in [-0.4, -0.2) is 24.0 Å². The van der Waals surface area contributed by atoms with Gasteiger partial charge in [-0.15, -0.1) is 0 Å². The summed E-state index contributed by atoms with van der Waals surface area (Å²) in [6.07, 6.45) is 1.25. The SMILES string of the molecule is CC1CC(C)CN(C(c2ccccc2F)C(C)N)C1. The van der Waals surface area contributed by atoms with Gasteiger partial charge in [0, 0.05) is 24.7 Å². The molecule has 1 fully saturated rings. The van der Waals surface area contributed by atoms with Gasteiger partial charge in [0.1, 0.15) is 5.82 Å². The van der Waals surface area contributed by atoms with E-state index in [1.807, 2.05) is 19.1 Å². The largest absolute Gasteiger partial charge is 0.326 e. The zero-order chi connectivity index (χ0) is 14.0. The first-order valence-electron chi connectivity index (χ1n) is 7.23. The number of hydrogen-bond donors (Lipinski definition) is 1. The number of halogens is 1. The van der Waals surface area contributed by atoms with Gasteiger partial charge in [-0.3, -0.25) is 4.90 Å². The fourth-order valence-corrected chi connectivity index (χ4v) is 3.47. The first kappa shape index (κ1) is 14.5. The summed E-state index contributed by atoms with van der Waals surface area (Å²) >= 11 is 0. The second-order valence-electron chi connectivity index (χ2n) is 6.23. The molecule has 1 aliphatic heterocycles. The average molecular weight is 264 g/mol. The summed E-state index contributed by atoms with van der Waals surface area (Å²) in [6.45, 7) is 8.52. The molecule has 4 atom stereocenters. The highest BCUT2D eigenvalue weighted by molar-refractivity contribution is 5.23. The van der Waals surface area contributed by atoms with Crippen LogP contribution in [0.2, 0.25) is 0 Å². The highest BCUT2D eigenvalue weighted by Crippen LogP contribution is 2.32. The summed E-state index contributed by atoms with van der Waals surface area (Å²) in [6, 6.07) is 6.93. The lowest BCUT2D eigenvalue weighted by Gasteiger charge is -2.42. The van der Waals surface area contributed by atoms with Gasteiger partial charge in [-0.1, -0.05) is 32.0 Å². The molecule has 0 spiro atoms. The molecule has 2 N–H and O–H groups in total. The number of nitrogens with zero attached hydrogens (tertiary/aromatic N) is 1. The lowest BCUT2D eigenvalue weighted by Crippen LogP contribution is -2.46. The molecule has 106 valence electrons. The summed E-state index contributed by atoms with van der Waals surface area (Å²) in [5.41, 5.74) is 6.89. The van der Waals surface area contributed by atoms with E-state index in [1.165, 1.54) is 12.5 Å². The molecule has 0 aromatic heterocycles. The smallest absolute Gasteiger partial charge is 0.128 e. The van der Waals surface area contributed by atoms with Crippen LogP contribution in [0.25, 0.3) is 0 Å². The molecule has 0 aliphatic carbocycles. The molecule has 2 rings (SSSR count). The second-order valence-corrected chi connectivity index (χ2v) is 6.23. The fraction of sp³-hybridized carbons (Fsp3) is 0.625. The molecule has 1 aromatic rings. The van der Waals surface area contributed by atoms with E-state index in [0.717, 1.165) is 18.7 Å². The average Bonchev–Trinajstić information content (AvgIpc) is 2.30. The van der Waals surface area contributed by atoms with Crippen LogP contribution in [0, 0.1) is 17.7 Å². The molecule has 1 aliphatic rings. The quantitative estimate of drug-likeness (QED) is 0.908. The number of piperidine rings is 1. The van der Waals surface area contributed by atoms with Gasteiger partial charge in [-0.25, -0.2) is 4.39 Å². The number of rotatable bonds is 3. The van der Waals surface area contributed by atoms with E-state index in [4.69, 9.17) is 5.73 Å². The van der Waals surface area contributed by atoms with Crippen molar-refractivity contribution in [3.63, 3.8) is 0 Å². The summed E-state index contributed by atoms with van der Waals surface area (Å²) in [4.78, 5) is 2.36. The molecule has 1 saturated heterocycles. The fourth-order valence-electron chi connectivity index (χ4n) is 3.47. The van der Waals surface area contributed by atoms with Crippen LogP contribution in [0.15, 0.2) is 24.3 Å². The summed E-state index contributed by atoms with van der Waals surface area (Å²) in [7, 11) is 0. The molecule has 19 heavy (non-hydrogen) atoms. The summed E-state index contributed by atoms with van der Waals surface area (Å²) in [5.74, 6) is 1.16. The minimum absolute atomic E-state index is 0.0219. The van der Waals surface area contributed by atoms with E-state index < -0.39 is 0 Å². The molecular weight excluding hydrogens is 239 g/mol.